The Morgan fingerprint density at radius 3 is 2.24 bits per heavy atom. The molecule has 3 rings (SSSR count). The summed E-state index contributed by atoms with van der Waals surface area (Å²) in [5, 5.41) is 0. The summed E-state index contributed by atoms with van der Waals surface area (Å²) in [5.41, 5.74) is 2.20. The maximum Gasteiger partial charge on any atom is 0.322 e. The van der Waals surface area contributed by atoms with Gasteiger partial charge in [-0.3, -0.25) is 4.72 Å². The summed E-state index contributed by atoms with van der Waals surface area (Å²) in [7, 11) is -3.70. The molecule has 0 aliphatic rings. The predicted molar refractivity (Wildman–Crippen MR) is 95.3 cm³/mol. The summed E-state index contributed by atoms with van der Waals surface area (Å²) in [6, 6.07) is 14.2. The largest absolute Gasteiger partial charge is 0.424 e. The number of rotatable bonds is 5. The fourth-order valence-corrected chi connectivity index (χ4v) is 3.22. The summed E-state index contributed by atoms with van der Waals surface area (Å²) >= 11 is 0. The molecule has 0 spiro atoms. The first-order valence-electron chi connectivity index (χ1n) is 7.59. The Balaban J connectivity index is 1.75. The van der Waals surface area contributed by atoms with Gasteiger partial charge in [-0.2, -0.15) is 0 Å². The van der Waals surface area contributed by atoms with E-state index in [1.807, 2.05) is 32.0 Å². The second-order valence-electron chi connectivity index (χ2n) is 5.52. The van der Waals surface area contributed by atoms with E-state index in [1.165, 1.54) is 12.4 Å². The first-order valence-corrected chi connectivity index (χ1v) is 9.07. The number of aryl methyl sites for hydroxylation is 2. The Kier molecular flexibility index (Phi) is 4.67. The third kappa shape index (κ3) is 4.13. The maximum atomic E-state index is 12.4. The van der Waals surface area contributed by atoms with Crippen LogP contribution in [0, 0.1) is 13.8 Å². The second-order valence-corrected chi connectivity index (χ2v) is 7.20. The van der Waals surface area contributed by atoms with E-state index in [0.717, 1.165) is 11.1 Å². The molecule has 128 valence electrons. The number of nitrogens with one attached hydrogen (secondary N) is 1. The molecular formula is C18H17N3O3S. The number of hydrogen-bond acceptors (Lipinski definition) is 5. The van der Waals surface area contributed by atoms with Crippen LogP contribution >= 0.6 is 0 Å². The Hall–Kier alpha value is -2.93. The van der Waals surface area contributed by atoms with Gasteiger partial charge >= 0.3 is 6.01 Å². The van der Waals surface area contributed by atoms with Gasteiger partial charge in [0.2, 0.25) is 0 Å². The molecule has 1 heterocycles. The smallest absolute Gasteiger partial charge is 0.322 e. The quantitative estimate of drug-likeness (QED) is 0.755. The van der Waals surface area contributed by atoms with E-state index in [2.05, 4.69) is 14.7 Å². The topological polar surface area (TPSA) is 81.2 Å². The Bertz CT molecular complexity index is 972. The first kappa shape index (κ1) is 16.9. The number of nitrogens with zero attached hydrogens (tertiary/aromatic N) is 2. The lowest BCUT2D eigenvalue weighted by atomic mass is 10.1. The molecule has 0 bridgehead atoms. The van der Waals surface area contributed by atoms with E-state index in [0.29, 0.717) is 5.75 Å². The van der Waals surface area contributed by atoms with Crippen molar-refractivity contribution in [2.75, 3.05) is 4.72 Å². The molecule has 0 saturated carbocycles. The molecule has 0 atom stereocenters. The van der Waals surface area contributed by atoms with Crippen molar-refractivity contribution in [2.24, 2.45) is 0 Å². The zero-order chi connectivity index (χ0) is 17.9. The molecule has 25 heavy (non-hydrogen) atoms. The van der Waals surface area contributed by atoms with Crippen LogP contribution < -0.4 is 9.46 Å². The molecular weight excluding hydrogens is 338 g/mol. The molecule has 0 amide bonds. The molecule has 0 saturated heterocycles. The van der Waals surface area contributed by atoms with Crippen molar-refractivity contribution >= 4 is 15.7 Å². The number of sulfonamides is 1. The van der Waals surface area contributed by atoms with Crippen molar-refractivity contribution in [1.29, 1.82) is 0 Å². The van der Waals surface area contributed by atoms with E-state index in [-0.39, 0.29) is 16.6 Å². The number of ether oxygens (including phenoxy) is 1. The van der Waals surface area contributed by atoms with Gasteiger partial charge in [-0.25, -0.2) is 18.4 Å². The average Bonchev–Trinajstić information content (AvgIpc) is 2.60. The van der Waals surface area contributed by atoms with Gasteiger partial charge in [0, 0.05) is 0 Å². The van der Waals surface area contributed by atoms with Crippen molar-refractivity contribution in [2.45, 2.75) is 18.7 Å². The monoisotopic (exact) mass is 355 g/mol. The third-order valence-corrected chi connectivity index (χ3v) is 5.00. The molecule has 2 aromatic carbocycles. The highest BCUT2D eigenvalue weighted by atomic mass is 32.2. The lowest BCUT2D eigenvalue weighted by Gasteiger charge is -2.10. The number of para-hydroxylation sites is 1. The zero-order valence-electron chi connectivity index (χ0n) is 13.8. The van der Waals surface area contributed by atoms with Crippen LogP contribution in [0.2, 0.25) is 0 Å². The van der Waals surface area contributed by atoms with Gasteiger partial charge < -0.3 is 4.74 Å². The minimum atomic E-state index is -3.70. The third-order valence-electron chi connectivity index (χ3n) is 3.62. The molecule has 0 aliphatic heterocycles. The minimum absolute atomic E-state index is 0.139. The molecule has 0 fully saturated rings. The van der Waals surface area contributed by atoms with Crippen LogP contribution in [0.3, 0.4) is 0 Å². The van der Waals surface area contributed by atoms with Crippen molar-refractivity contribution in [3.63, 3.8) is 0 Å². The number of benzene rings is 2. The average molecular weight is 355 g/mol. The summed E-state index contributed by atoms with van der Waals surface area (Å²) in [5.74, 6) is 0.603. The van der Waals surface area contributed by atoms with Crippen molar-refractivity contribution in [3.8, 4) is 11.8 Å². The molecule has 0 aliphatic carbocycles. The van der Waals surface area contributed by atoms with Gasteiger partial charge in [-0.05, 0) is 49.2 Å². The molecule has 6 nitrogen and oxygen atoms in total. The van der Waals surface area contributed by atoms with E-state index in [1.54, 1.807) is 30.3 Å². The second kappa shape index (κ2) is 6.90. The van der Waals surface area contributed by atoms with E-state index < -0.39 is 10.0 Å². The van der Waals surface area contributed by atoms with E-state index >= 15 is 0 Å². The molecule has 1 aromatic heterocycles. The van der Waals surface area contributed by atoms with Gasteiger partial charge in [0.1, 0.15) is 5.75 Å². The molecule has 3 aromatic rings. The lowest BCUT2D eigenvalue weighted by Crippen LogP contribution is -2.13. The van der Waals surface area contributed by atoms with Crippen LogP contribution in [0.4, 0.5) is 5.69 Å². The normalized spacial score (nSPS) is 11.1. The summed E-state index contributed by atoms with van der Waals surface area (Å²) in [6.07, 6.45) is 2.73. The standard InChI is InChI=1S/C18H17N3O3S/c1-13-8-9-17(10-14(13)2)25(22,23)21-15-11-19-18(20-12-15)24-16-6-4-3-5-7-16/h3-12,21H,1-2H3. The van der Waals surface area contributed by atoms with Crippen molar-refractivity contribution in [1.82, 2.24) is 9.97 Å². The number of anilines is 1. The summed E-state index contributed by atoms with van der Waals surface area (Å²) in [4.78, 5) is 8.24. The van der Waals surface area contributed by atoms with Gasteiger partial charge in [-0.15, -0.1) is 0 Å². The highest BCUT2D eigenvalue weighted by Crippen LogP contribution is 2.20. The fraction of sp³-hybridized carbons (Fsp3) is 0.111. The van der Waals surface area contributed by atoms with Gasteiger partial charge in [0.05, 0.1) is 23.0 Å². The van der Waals surface area contributed by atoms with Crippen LogP contribution in [0.1, 0.15) is 11.1 Å². The van der Waals surface area contributed by atoms with Crippen LogP contribution in [0.15, 0.2) is 65.8 Å². The summed E-state index contributed by atoms with van der Waals surface area (Å²) < 4.78 is 32.8. The fourth-order valence-electron chi connectivity index (χ4n) is 2.11. The van der Waals surface area contributed by atoms with Crippen molar-refractivity contribution in [3.05, 3.63) is 72.1 Å². The highest BCUT2D eigenvalue weighted by Gasteiger charge is 2.15. The molecule has 0 radical (unpaired) electrons. The van der Waals surface area contributed by atoms with E-state index in [4.69, 9.17) is 4.74 Å². The SMILES string of the molecule is Cc1ccc(S(=O)(=O)Nc2cnc(Oc3ccccc3)nc2)cc1C. The van der Waals surface area contributed by atoms with Crippen molar-refractivity contribution < 1.29 is 13.2 Å². The zero-order valence-corrected chi connectivity index (χ0v) is 14.6. The molecule has 1 N–H and O–H groups in total. The van der Waals surface area contributed by atoms with Crippen LogP contribution in [-0.2, 0) is 10.0 Å². The number of aromatic nitrogens is 2. The van der Waals surface area contributed by atoms with Gasteiger partial charge in [0.25, 0.3) is 10.0 Å². The van der Waals surface area contributed by atoms with Crippen LogP contribution in [-0.4, -0.2) is 18.4 Å². The Morgan fingerprint density at radius 1 is 0.920 bits per heavy atom. The Labute approximate surface area is 146 Å². The van der Waals surface area contributed by atoms with Gasteiger partial charge in [0.15, 0.2) is 0 Å². The highest BCUT2D eigenvalue weighted by molar-refractivity contribution is 7.92. The van der Waals surface area contributed by atoms with Gasteiger partial charge in [-0.1, -0.05) is 24.3 Å². The molecule has 0 unspecified atom stereocenters. The molecule has 7 heteroatoms. The number of hydrogen-bond donors (Lipinski definition) is 1. The Morgan fingerprint density at radius 2 is 1.60 bits per heavy atom. The minimum Gasteiger partial charge on any atom is -0.424 e. The maximum absolute atomic E-state index is 12.4. The van der Waals surface area contributed by atoms with Crippen LogP contribution in [0.25, 0.3) is 0 Å². The lowest BCUT2D eigenvalue weighted by molar-refractivity contribution is 0.442. The summed E-state index contributed by atoms with van der Waals surface area (Å²) in [6.45, 7) is 3.80. The predicted octanol–water partition coefficient (Wildman–Crippen LogP) is 3.69. The first-order chi connectivity index (χ1) is 11.9. The van der Waals surface area contributed by atoms with E-state index in [9.17, 15) is 8.42 Å². The van der Waals surface area contributed by atoms with Crippen LogP contribution in [0.5, 0.6) is 11.8 Å².